The average Bonchev–Trinajstić information content (AvgIpc) is 2.96. The van der Waals surface area contributed by atoms with Crippen LogP contribution in [0, 0.1) is 17.6 Å². The molecule has 1 saturated heterocycles. The highest BCUT2D eigenvalue weighted by molar-refractivity contribution is 5.42. The first-order valence-corrected chi connectivity index (χ1v) is 8.99. The number of rotatable bonds is 4. The topological polar surface area (TPSA) is 60.5 Å². The van der Waals surface area contributed by atoms with Gasteiger partial charge in [-0.25, -0.2) is 4.39 Å². The van der Waals surface area contributed by atoms with Crippen molar-refractivity contribution >= 4 is 0 Å². The number of hydrogen-bond donors (Lipinski definition) is 1. The molecule has 2 aromatic rings. The van der Waals surface area contributed by atoms with E-state index in [1.165, 1.54) is 26.3 Å². The summed E-state index contributed by atoms with van der Waals surface area (Å²) >= 11 is 0. The smallest absolute Gasteiger partial charge is 0.417 e. The van der Waals surface area contributed by atoms with Crippen LogP contribution < -0.4 is 14.9 Å². The Kier molecular flexibility index (Phi) is 5.57. The minimum atomic E-state index is -4.77. The summed E-state index contributed by atoms with van der Waals surface area (Å²) in [5.41, 5.74) is -3.15. The minimum Gasteiger partial charge on any atom is -0.493 e. The summed E-state index contributed by atoms with van der Waals surface area (Å²) in [5.74, 6) is -5.40. The number of hydrogen-bond acceptors (Lipinski definition) is 4. The lowest BCUT2D eigenvalue weighted by Crippen LogP contribution is -2.46. The summed E-state index contributed by atoms with van der Waals surface area (Å²) in [6.45, 7) is 2.19. The van der Waals surface area contributed by atoms with Crippen LogP contribution in [0.25, 0.3) is 0 Å². The van der Waals surface area contributed by atoms with Crippen molar-refractivity contribution in [3.8, 4) is 11.5 Å². The molecule has 1 aromatic carbocycles. The van der Waals surface area contributed by atoms with Crippen LogP contribution in [0.5, 0.6) is 11.5 Å². The van der Waals surface area contributed by atoms with E-state index in [0.717, 1.165) is 26.2 Å². The van der Waals surface area contributed by atoms with E-state index in [2.05, 4.69) is 4.98 Å². The molecule has 5 nitrogen and oxygen atoms in total. The van der Waals surface area contributed by atoms with Gasteiger partial charge in [-0.3, -0.25) is 4.79 Å². The van der Waals surface area contributed by atoms with Crippen LogP contribution in [0.15, 0.2) is 29.2 Å². The molecule has 2 heterocycles. The van der Waals surface area contributed by atoms with E-state index in [0.29, 0.717) is 0 Å². The molecule has 4 atom stereocenters. The van der Waals surface area contributed by atoms with Gasteiger partial charge in [0.1, 0.15) is 6.10 Å². The Hall–Kier alpha value is -2.62. The van der Waals surface area contributed by atoms with Gasteiger partial charge in [0.15, 0.2) is 22.9 Å². The molecule has 1 aromatic heterocycles. The highest BCUT2D eigenvalue weighted by Gasteiger charge is 2.65. The predicted octanol–water partition coefficient (Wildman–Crippen LogP) is 4.48. The quantitative estimate of drug-likeness (QED) is 0.723. The molecule has 1 aliphatic rings. The number of pyridine rings is 1. The van der Waals surface area contributed by atoms with E-state index in [4.69, 9.17) is 14.2 Å². The lowest BCUT2D eigenvalue weighted by Gasteiger charge is -2.32. The highest BCUT2D eigenvalue weighted by Crippen LogP contribution is 2.59. The van der Waals surface area contributed by atoms with E-state index < -0.39 is 52.5 Å². The van der Waals surface area contributed by atoms with Crippen LogP contribution in [-0.4, -0.2) is 31.0 Å². The van der Waals surface area contributed by atoms with Crippen molar-refractivity contribution in [3.63, 3.8) is 0 Å². The van der Waals surface area contributed by atoms with Gasteiger partial charge in [0, 0.05) is 35.4 Å². The van der Waals surface area contributed by atoms with Crippen LogP contribution in [0.1, 0.15) is 37.1 Å². The second-order valence-electron chi connectivity index (χ2n) is 7.26. The van der Waals surface area contributed by atoms with E-state index in [1.807, 2.05) is 0 Å². The summed E-state index contributed by atoms with van der Waals surface area (Å²) in [7, 11) is 2.36. The Morgan fingerprint density at radius 2 is 1.83 bits per heavy atom. The molecule has 0 bridgehead atoms. The standard InChI is InChI=1S/C20H20F5NO4/c1-9-15(10-5-6-11(21)16(22)17(10)29-4)18(30-19(9,2)20(23,24)25)12-7-13(27)14(28-3)8-26-12/h5-9,15,18H,1-4H3,(H,26,27)/t9-,15-,18-,19+/m0/s1. The molecule has 0 amide bonds. The van der Waals surface area contributed by atoms with Crippen molar-refractivity contribution in [2.24, 2.45) is 5.92 Å². The summed E-state index contributed by atoms with van der Waals surface area (Å²) in [6.07, 6.45) is -4.88. The number of H-pyrrole nitrogens is 1. The third-order valence-electron chi connectivity index (χ3n) is 5.74. The summed E-state index contributed by atoms with van der Waals surface area (Å²) < 4.78 is 85.1. The SMILES string of the molecule is COc1c([C@H]2[C@H](c3cc(=O)c(OC)c[nH]3)O[C@@](C)(C(F)(F)F)[C@H]2C)ccc(F)c1F. The number of halogens is 5. The highest BCUT2D eigenvalue weighted by atomic mass is 19.4. The largest absolute Gasteiger partial charge is 0.493 e. The van der Waals surface area contributed by atoms with E-state index in [-0.39, 0.29) is 17.0 Å². The number of nitrogens with one attached hydrogen (secondary N) is 1. The molecule has 30 heavy (non-hydrogen) atoms. The monoisotopic (exact) mass is 433 g/mol. The predicted molar refractivity (Wildman–Crippen MR) is 96.7 cm³/mol. The zero-order valence-corrected chi connectivity index (χ0v) is 16.6. The fourth-order valence-electron chi connectivity index (χ4n) is 3.88. The lowest BCUT2D eigenvalue weighted by molar-refractivity contribution is -0.275. The number of aromatic nitrogens is 1. The normalized spacial score (nSPS) is 26.6. The fourth-order valence-corrected chi connectivity index (χ4v) is 3.88. The lowest BCUT2D eigenvalue weighted by atomic mass is 9.76. The number of alkyl halides is 3. The van der Waals surface area contributed by atoms with Crippen molar-refractivity contribution in [1.29, 1.82) is 0 Å². The van der Waals surface area contributed by atoms with Crippen molar-refractivity contribution in [2.45, 2.75) is 37.6 Å². The molecule has 164 valence electrons. The van der Waals surface area contributed by atoms with Gasteiger partial charge in [-0.05, 0) is 13.0 Å². The third-order valence-corrected chi connectivity index (χ3v) is 5.74. The van der Waals surface area contributed by atoms with Crippen LogP contribution in [0.4, 0.5) is 22.0 Å². The van der Waals surface area contributed by atoms with Crippen LogP contribution in [-0.2, 0) is 4.74 Å². The van der Waals surface area contributed by atoms with E-state index in [1.54, 1.807) is 0 Å². The van der Waals surface area contributed by atoms with Crippen LogP contribution in [0.3, 0.4) is 0 Å². The number of ether oxygens (including phenoxy) is 3. The zero-order valence-electron chi connectivity index (χ0n) is 16.6. The molecule has 0 spiro atoms. The minimum absolute atomic E-state index is 0.00135. The van der Waals surface area contributed by atoms with Crippen molar-refractivity contribution in [2.75, 3.05) is 14.2 Å². The fraction of sp³-hybridized carbons (Fsp3) is 0.450. The molecule has 0 aliphatic carbocycles. The molecule has 1 N–H and O–H groups in total. The van der Waals surface area contributed by atoms with E-state index >= 15 is 0 Å². The average molecular weight is 433 g/mol. The van der Waals surface area contributed by atoms with Gasteiger partial charge >= 0.3 is 6.18 Å². The van der Waals surface area contributed by atoms with Crippen LogP contribution >= 0.6 is 0 Å². The van der Waals surface area contributed by atoms with Crippen LogP contribution in [0.2, 0.25) is 0 Å². The van der Waals surface area contributed by atoms with Crippen molar-refractivity contribution < 1.29 is 36.2 Å². The first kappa shape index (κ1) is 22.1. The molecule has 0 unspecified atom stereocenters. The maximum absolute atomic E-state index is 14.3. The Labute approximate surface area is 168 Å². The van der Waals surface area contributed by atoms with E-state index in [9.17, 15) is 26.7 Å². The number of aromatic amines is 1. The van der Waals surface area contributed by atoms with Gasteiger partial charge in [-0.1, -0.05) is 13.0 Å². The third kappa shape index (κ3) is 3.32. The first-order chi connectivity index (χ1) is 14.0. The van der Waals surface area contributed by atoms with Gasteiger partial charge in [-0.2, -0.15) is 17.6 Å². The Bertz CT molecular complexity index is 1010. The zero-order chi connectivity index (χ0) is 22.4. The molecule has 10 heteroatoms. The van der Waals surface area contributed by atoms with Gasteiger partial charge in [0.25, 0.3) is 0 Å². The summed E-state index contributed by atoms with van der Waals surface area (Å²) in [5, 5.41) is 0. The van der Waals surface area contributed by atoms with Gasteiger partial charge in [-0.15, -0.1) is 0 Å². The maximum Gasteiger partial charge on any atom is 0.417 e. The number of benzene rings is 1. The number of methoxy groups -OCH3 is 2. The molecule has 0 radical (unpaired) electrons. The molecule has 1 fully saturated rings. The molecule has 0 saturated carbocycles. The summed E-state index contributed by atoms with van der Waals surface area (Å²) in [6, 6.07) is 3.05. The Morgan fingerprint density at radius 1 is 1.17 bits per heavy atom. The van der Waals surface area contributed by atoms with Crippen molar-refractivity contribution in [3.05, 3.63) is 57.5 Å². The molecule has 3 rings (SSSR count). The van der Waals surface area contributed by atoms with Gasteiger partial charge in [0.05, 0.1) is 14.2 Å². The first-order valence-electron chi connectivity index (χ1n) is 8.99. The second-order valence-corrected chi connectivity index (χ2v) is 7.26. The second kappa shape index (κ2) is 7.57. The molecular formula is C20H20F5NO4. The Balaban J connectivity index is 2.23. The van der Waals surface area contributed by atoms with Crippen molar-refractivity contribution in [1.82, 2.24) is 4.98 Å². The Morgan fingerprint density at radius 3 is 2.37 bits per heavy atom. The molecule has 1 aliphatic heterocycles. The van der Waals surface area contributed by atoms with Gasteiger partial charge < -0.3 is 19.2 Å². The maximum atomic E-state index is 14.3. The van der Waals surface area contributed by atoms with Gasteiger partial charge in [0.2, 0.25) is 11.2 Å². The summed E-state index contributed by atoms with van der Waals surface area (Å²) in [4.78, 5) is 14.9. The molecular weight excluding hydrogens is 413 g/mol.